The maximum absolute atomic E-state index is 12.3. The number of nitrogens with zero attached hydrogens (tertiary/aromatic N) is 1. The van der Waals surface area contributed by atoms with Gasteiger partial charge in [-0.3, -0.25) is 4.79 Å². The number of aliphatic imine (C=N–C) groups is 1. The molecule has 0 bridgehead atoms. The fourth-order valence-corrected chi connectivity index (χ4v) is 3.73. The first-order valence-corrected chi connectivity index (χ1v) is 9.86. The molecule has 0 fully saturated rings. The molecule has 2 aromatic carbocycles. The largest absolute Gasteiger partial charge is 0.497 e. The standard InChI is InChI=1S/C20H15Br2NO5/c1-3-17(24)27-18-12(8-13(21)10-15(18)22)9-16-20(25)28-19(23-16)11-4-6-14(26-2)7-5-11/h4-10H,3H2,1-2H3/b16-9-. The quantitative estimate of drug-likeness (QED) is 0.327. The van der Waals surface area contributed by atoms with Crippen molar-refractivity contribution in [1.82, 2.24) is 0 Å². The molecule has 6 nitrogen and oxygen atoms in total. The van der Waals surface area contributed by atoms with Gasteiger partial charge in [-0.1, -0.05) is 22.9 Å². The number of hydrogen-bond acceptors (Lipinski definition) is 6. The summed E-state index contributed by atoms with van der Waals surface area (Å²) in [5.41, 5.74) is 1.25. The Morgan fingerprint density at radius 2 is 1.93 bits per heavy atom. The van der Waals surface area contributed by atoms with Crippen molar-refractivity contribution in [3.8, 4) is 11.5 Å². The van der Waals surface area contributed by atoms with E-state index < -0.39 is 5.97 Å². The minimum absolute atomic E-state index is 0.101. The second-order valence-electron chi connectivity index (χ2n) is 5.70. The van der Waals surface area contributed by atoms with Crippen LogP contribution < -0.4 is 9.47 Å². The molecule has 144 valence electrons. The number of cyclic esters (lactones) is 1. The van der Waals surface area contributed by atoms with Gasteiger partial charge in [0.05, 0.1) is 11.6 Å². The predicted molar refractivity (Wildman–Crippen MR) is 111 cm³/mol. The molecule has 0 spiro atoms. The van der Waals surface area contributed by atoms with E-state index in [4.69, 9.17) is 14.2 Å². The summed E-state index contributed by atoms with van der Waals surface area (Å²) in [6.45, 7) is 1.70. The van der Waals surface area contributed by atoms with Gasteiger partial charge >= 0.3 is 11.9 Å². The van der Waals surface area contributed by atoms with Crippen molar-refractivity contribution in [2.45, 2.75) is 13.3 Å². The van der Waals surface area contributed by atoms with Crippen molar-refractivity contribution in [1.29, 1.82) is 0 Å². The topological polar surface area (TPSA) is 74.2 Å². The Balaban J connectivity index is 1.99. The van der Waals surface area contributed by atoms with Crippen LogP contribution in [0.4, 0.5) is 0 Å². The SMILES string of the molecule is CCC(=O)Oc1c(Br)cc(Br)cc1/C=C1\N=C(c2ccc(OC)cc2)OC1=O. The van der Waals surface area contributed by atoms with Crippen LogP contribution in [0.5, 0.6) is 11.5 Å². The molecule has 0 saturated carbocycles. The molecule has 1 aliphatic heterocycles. The molecule has 0 N–H and O–H groups in total. The summed E-state index contributed by atoms with van der Waals surface area (Å²) in [7, 11) is 1.57. The Morgan fingerprint density at radius 3 is 2.57 bits per heavy atom. The van der Waals surface area contributed by atoms with E-state index in [2.05, 4.69) is 36.9 Å². The Morgan fingerprint density at radius 1 is 1.21 bits per heavy atom. The lowest BCUT2D eigenvalue weighted by Crippen LogP contribution is -2.07. The van der Waals surface area contributed by atoms with Gasteiger partial charge in [0.25, 0.3) is 0 Å². The third-order valence-electron chi connectivity index (χ3n) is 3.79. The summed E-state index contributed by atoms with van der Waals surface area (Å²) in [5, 5.41) is 0. The van der Waals surface area contributed by atoms with Crippen LogP contribution >= 0.6 is 31.9 Å². The molecule has 0 aliphatic carbocycles. The number of carbonyl (C=O) groups excluding carboxylic acids is 2. The molecule has 2 aromatic rings. The average Bonchev–Trinajstić information content (AvgIpc) is 3.04. The van der Waals surface area contributed by atoms with E-state index in [1.54, 1.807) is 50.4 Å². The number of ether oxygens (including phenoxy) is 3. The molecule has 0 atom stereocenters. The first-order valence-electron chi connectivity index (χ1n) is 8.28. The molecular formula is C20H15Br2NO5. The van der Waals surface area contributed by atoms with Crippen LogP contribution in [0.15, 0.2) is 56.0 Å². The van der Waals surface area contributed by atoms with E-state index in [1.807, 2.05) is 0 Å². The Bertz CT molecular complexity index is 996. The zero-order valence-corrected chi connectivity index (χ0v) is 18.2. The summed E-state index contributed by atoms with van der Waals surface area (Å²) >= 11 is 6.78. The van der Waals surface area contributed by atoms with Gasteiger partial charge < -0.3 is 14.2 Å². The van der Waals surface area contributed by atoms with Crippen molar-refractivity contribution >= 4 is 55.8 Å². The monoisotopic (exact) mass is 507 g/mol. The smallest absolute Gasteiger partial charge is 0.363 e. The maximum Gasteiger partial charge on any atom is 0.363 e. The second-order valence-corrected chi connectivity index (χ2v) is 7.47. The highest BCUT2D eigenvalue weighted by Crippen LogP contribution is 2.35. The van der Waals surface area contributed by atoms with Crippen molar-refractivity contribution in [2.24, 2.45) is 4.99 Å². The summed E-state index contributed by atoms with van der Waals surface area (Å²) in [6, 6.07) is 10.5. The number of hydrogen-bond donors (Lipinski definition) is 0. The van der Waals surface area contributed by atoms with Gasteiger partial charge in [0.1, 0.15) is 5.75 Å². The number of halogens is 2. The van der Waals surface area contributed by atoms with Gasteiger partial charge in [-0.15, -0.1) is 0 Å². The number of rotatable bonds is 5. The lowest BCUT2D eigenvalue weighted by molar-refractivity contribution is -0.134. The number of esters is 2. The molecule has 0 unspecified atom stereocenters. The summed E-state index contributed by atoms with van der Waals surface area (Å²) < 4.78 is 17.1. The van der Waals surface area contributed by atoms with Crippen LogP contribution in [0.2, 0.25) is 0 Å². The lowest BCUT2D eigenvalue weighted by atomic mass is 10.1. The molecular weight excluding hydrogens is 494 g/mol. The van der Waals surface area contributed by atoms with Crippen LogP contribution in [-0.2, 0) is 14.3 Å². The van der Waals surface area contributed by atoms with Crippen molar-refractivity contribution in [2.75, 3.05) is 7.11 Å². The van der Waals surface area contributed by atoms with Gasteiger partial charge in [-0.25, -0.2) is 9.79 Å². The number of methoxy groups -OCH3 is 1. The zero-order chi connectivity index (χ0) is 20.3. The third kappa shape index (κ3) is 4.51. The van der Waals surface area contributed by atoms with Crippen LogP contribution in [0.25, 0.3) is 6.08 Å². The Hall–Kier alpha value is -2.45. The minimum atomic E-state index is -0.588. The molecule has 1 aliphatic rings. The minimum Gasteiger partial charge on any atom is -0.497 e. The molecule has 0 aromatic heterocycles. The first-order chi connectivity index (χ1) is 13.4. The van der Waals surface area contributed by atoms with E-state index in [-0.39, 0.29) is 24.0 Å². The van der Waals surface area contributed by atoms with Gasteiger partial charge in [0.15, 0.2) is 11.4 Å². The first kappa shape index (κ1) is 20.3. The van der Waals surface area contributed by atoms with E-state index in [1.165, 1.54) is 6.08 Å². The van der Waals surface area contributed by atoms with Crippen molar-refractivity contribution in [3.05, 3.63) is 62.2 Å². The third-order valence-corrected chi connectivity index (χ3v) is 4.84. The van der Waals surface area contributed by atoms with Crippen molar-refractivity contribution < 1.29 is 23.8 Å². The number of carbonyl (C=O) groups is 2. The molecule has 0 saturated heterocycles. The van der Waals surface area contributed by atoms with Gasteiger partial charge in [0.2, 0.25) is 5.90 Å². The van der Waals surface area contributed by atoms with E-state index in [0.717, 1.165) is 4.47 Å². The lowest BCUT2D eigenvalue weighted by Gasteiger charge is -2.10. The summed E-state index contributed by atoms with van der Waals surface area (Å²) in [4.78, 5) is 28.3. The van der Waals surface area contributed by atoms with Crippen LogP contribution in [0, 0.1) is 0 Å². The molecule has 0 amide bonds. The fraction of sp³-hybridized carbons (Fsp3) is 0.150. The summed E-state index contributed by atoms with van der Waals surface area (Å²) in [5.74, 6) is 0.211. The number of benzene rings is 2. The highest BCUT2D eigenvalue weighted by atomic mass is 79.9. The van der Waals surface area contributed by atoms with Crippen LogP contribution in [0.3, 0.4) is 0 Å². The van der Waals surface area contributed by atoms with E-state index in [9.17, 15) is 9.59 Å². The van der Waals surface area contributed by atoms with Crippen LogP contribution in [0.1, 0.15) is 24.5 Å². The van der Waals surface area contributed by atoms with Gasteiger partial charge in [-0.05, 0) is 58.4 Å². The summed E-state index contributed by atoms with van der Waals surface area (Å²) in [6.07, 6.45) is 1.74. The fourth-order valence-electron chi connectivity index (χ4n) is 2.39. The van der Waals surface area contributed by atoms with E-state index >= 15 is 0 Å². The Kier molecular flexibility index (Phi) is 6.31. The van der Waals surface area contributed by atoms with Gasteiger partial charge in [-0.2, -0.15) is 0 Å². The highest BCUT2D eigenvalue weighted by molar-refractivity contribution is 9.11. The zero-order valence-electron chi connectivity index (χ0n) is 15.0. The maximum atomic E-state index is 12.3. The molecule has 28 heavy (non-hydrogen) atoms. The van der Waals surface area contributed by atoms with Crippen molar-refractivity contribution in [3.63, 3.8) is 0 Å². The molecule has 1 heterocycles. The molecule has 8 heteroatoms. The van der Waals surface area contributed by atoms with E-state index in [0.29, 0.717) is 27.1 Å². The second kappa shape index (κ2) is 8.70. The van der Waals surface area contributed by atoms with Gasteiger partial charge in [0, 0.05) is 22.0 Å². The molecule has 0 radical (unpaired) electrons. The van der Waals surface area contributed by atoms with Crippen LogP contribution in [-0.4, -0.2) is 24.9 Å². The Labute approximate surface area is 178 Å². The normalized spacial score (nSPS) is 14.6. The molecule has 3 rings (SSSR count). The predicted octanol–water partition coefficient (Wildman–Crippen LogP) is 4.88. The average molecular weight is 509 g/mol. The highest BCUT2D eigenvalue weighted by Gasteiger charge is 2.25.